The van der Waals surface area contributed by atoms with Crippen LogP contribution in [0.15, 0.2) is 18.2 Å². The maximum Gasteiger partial charge on any atom is 0.224 e. The van der Waals surface area contributed by atoms with Crippen molar-refractivity contribution in [3.63, 3.8) is 0 Å². The summed E-state index contributed by atoms with van der Waals surface area (Å²) in [6.45, 7) is 2.06. The molecule has 1 aliphatic carbocycles. The number of carbonyl (C=O) groups excluding carboxylic acids is 1. The predicted octanol–water partition coefficient (Wildman–Crippen LogP) is 2.56. The van der Waals surface area contributed by atoms with E-state index in [1.807, 2.05) is 0 Å². The van der Waals surface area contributed by atoms with Gasteiger partial charge in [-0.05, 0) is 49.3 Å². The number of nitrogens with one attached hydrogen (secondary N) is 1. The van der Waals surface area contributed by atoms with Gasteiger partial charge >= 0.3 is 0 Å². The first-order valence-corrected chi connectivity index (χ1v) is 7.30. The van der Waals surface area contributed by atoms with Gasteiger partial charge in [0.05, 0.1) is 18.6 Å². The Kier molecular flexibility index (Phi) is 4.93. The molecule has 2 rings (SSSR count). The maximum atomic E-state index is 13.1. The Hall–Kier alpha value is -1.49. The Morgan fingerprint density at radius 1 is 1.33 bits per heavy atom. The second kappa shape index (κ2) is 6.52. The lowest BCUT2D eigenvalue weighted by molar-refractivity contribution is -0.123. The lowest BCUT2D eigenvalue weighted by atomic mass is 9.77. The monoisotopic (exact) mass is 297 g/mol. The van der Waals surface area contributed by atoms with E-state index in [-0.39, 0.29) is 18.9 Å². The molecule has 116 valence electrons. The molecule has 0 spiro atoms. The molecule has 1 amide bonds. The molecular formula is C16H21F2NO2. The highest BCUT2D eigenvalue weighted by molar-refractivity contribution is 5.79. The van der Waals surface area contributed by atoms with Crippen LogP contribution in [-0.4, -0.2) is 23.2 Å². The fourth-order valence-electron chi connectivity index (χ4n) is 2.81. The van der Waals surface area contributed by atoms with Gasteiger partial charge in [0.1, 0.15) is 0 Å². The number of aliphatic hydroxyl groups excluding tert-OH is 1. The van der Waals surface area contributed by atoms with Gasteiger partial charge in [0.2, 0.25) is 5.91 Å². The summed E-state index contributed by atoms with van der Waals surface area (Å²) in [5.74, 6) is -1.55. The molecule has 1 saturated carbocycles. The highest BCUT2D eigenvalue weighted by Crippen LogP contribution is 2.31. The van der Waals surface area contributed by atoms with Gasteiger partial charge in [0, 0.05) is 0 Å². The van der Waals surface area contributed by atoms with E-state index < -0.39 is 17.2 Å². The number of rotatable bonds is 4. The number of aliphatic hydroxyl groups is 1. The van der Waals surface area contributed by atoms with Crippen LogP contribution in [0.25, 0.3) is 0 Å². The van der Waals surface area contributed by atoms with E-state index in [2.05, 4.69) is 12.2 Å². The zero-order chi connectivity index (χ0) is 15.5. The third kappa shape index (κ3) is 4.00. The minimum absolute atomic E-state index is 0.0193. The van der Waals surface area contributed by atoms with Crippen molar-refractivity contribution in [3.8, 4) is 0 Å². The van der Waals surface area contributed by atoms with E-state index in [1.54, 1.807) is 0 Å². The number of hydrogen-bond acceptors (Lipinski definition) is 2. The van der Waals surface area contributed by atoms with Crippen molar-refractivity contribution in [2.45, 2.75) is 44.6 Å². The van der Waals surface area contributed by atoms with Crippen LogP contribution in [0.1, 0.15) is 38.2 Å². The lowest BCUT2D eigenvalue weighted by Crippen LogP contribution is -2.53. The van der Waals surface area contributed by atoms with Crippen LogP contribution in [-0.2, 0) is 11.2 Å². The molecule has 1 aromatic rings. The van der Waals surface area contributed by atoms with Crippen molar-refractivity contribution in [2.75, 3.05) is 6.61 Å². The maximum absolute atomic E-state index is 13.1. The summed E-state index contributed by atoms with van der Waals surface area (Å²) < 4.78 is 26.0. The molecule has 2 N–H and O–H groups in total. The minimum atomic E-state index is -0.955. The molecule has 0 aromatic heterocycles. The zero-order valence-corrected chi connectivity index (χ0v) is 12.2. The van der Waals surface area contributed by atoms with E-state index in [0.29, 0.717) is 11.5 Å². The van der Waals surface area contributed by atoms with Gasteiger partial charge in [0.15, 0.2) is 11.6 Å². The van der Waals surface area contributed by atoms with Gasteiger partial charge in [-0.2, -0.15) is 0 Å². The SMILES string of the molecule is CC1CCC(CO)(NC(=O)Cc2ccc(F)c(F)c2)CC1. The van der Waals surface area contributed by atoms with Crippen LogP contribution in [0, 0.1) is 17.6 Å². The molecule has 21 heavy (non-hydrogen) atoms. The fraction of sp³-hybridized carbons (Fsp3) is 0.562. The molecule has 1 aromatic carbocycles. The highest BCUT2D eigenvalue weighted by Gasteiger charge is 2.34. The normalized spacial score (nSPS) is 25.6. The quantitative estimate of drug-likeness (QED) is 0.897. The number of halogens is 2. The van der Waals surface area contributed by atoms with Crippen molar-refractivity contribution in [1.82, 2.24) is 5.32 Å². The van der Waals surface area contributed by atoms with Crippen LogP contribution in [0.5, 0.6) is 0 Å². The van der Waals surface area contributed by atoms with Crippen molar-refractivity contribution in [3.05, 3.63) is 35.4 Å². The van der Waals surface area contributed by atoms with E-state index in [9.17, 15) is 18.7 Å². The Labute approximate surface area is 123 Å². The first-order chi connectivity index (χ1) is 9.94. The van der Waals surface area contributed by atoms with Gasteiger partial charge < -0.3 is 10.4 Å². The summed E-state index contributed by atoms with van der Waals surface area (Å²) in [6, 6.07) is 3.44. The molecule has 0 aliphatic heterocycles. The molecule has 5 heteroatoms. The Bertz CT molecular complexity index is 511. The average Bonchev–Trinajstić information content (AvgIpc) is 2.46. The number of hydrogen-bond donors (Lipinski definition) is 2. The standard InChI is InChI=1S/C16H21F2NO2/c1-11-4-6-16(10-20,7-5-11)19-15(21)9-12-2-3-13(17)14(18)8-12/h2-3,8,11,20H,4-7,9-10H2,1H3,(H,19,21). The van der Waals surface area contributed by atoms with E-state index in [0.717, 1.165) is 37.8 Å². The summed E-state index contributed by atoms with van der Waals surface area (Å²) in [5.41, 5.74) is -0.147. The third-order valence-electron chi connectivity index (χ3n) is 4.29. The topological polar surface area (TPSA) is 49.3 Å². The first kappa shape index (κ1) is 15.9. The number of carbonyl (C=O) groups is 1. The zero-order valence-electron chi connectivity index (χ0n) is 12.2. The lowest BCUT2D eigenvalue weighted by Gasteiger charge is -2.38. The molecule has 0 bridgehead atoms. The van der Waals surface area contributed by atoms with Gasteiger partial charge in [-0.3, -0.25) is 4.79 Å². The second-order valence-electron chi connectivity index (χ2n) is 6.09. The predicted molar refractivity (Wildman–Crippen MR) is 75.7 cm³/mol. The highest BCUT2D eigenvalue weighted by atomic mass is 19.2. The Balaban J connectivity index is 1.98. The molecule has 0 radical (unpaired) electrons. The molecule has 1 aliphatic rings. The summed E-state index contributed by atoms with van der Waals surface area (Å²) in [4.78, 5) is 12.1. The van der Waals surface area contributed by atoms with Gasteiger partial charge in [-0.25, -0.2) is 8.78 Å². The minimum Gasteiger partial charge on any atom is -0.394 e. The van der Waals surface area contributed by atoms with Crippen LogP contribution in [0.4, 0.5) is 8.78 Å². The van der Waals surface area contributed by atoms with Crippen molar-refractivity contribution in [1.29, 1.82) is 0 Å². The van der Waals surface area contributed by atoms with Crippen LogP contribution in [0.3, 0.4) is 0 Å². The Morgan fingerprint density at radius 2 is 2.00 bits per heavy atom. The van der Waals surface area contributed by atoms with Crippen molar-refractivity contribution >= 4 is 5.91 Å². The molecule has 3 nitrogen and oxygen atoms in total. The second-order valence-corrected chi connectivity index (χ2v) is 6.09. The molecule has 0 atom stereocenters. The molecule has 1 fully saturated rings. The van der Waals surface area contributed by atoms with Gasteiger partial charge in [-0.15, -0.1) is 0 Å². The summed E-state index contributed by atoms with van der Waals surface area (Å²) >= 11 is 0. The molecular weight excluding hydrogens is 276 g/mol. The van der Waals surface area contributed by atoms with E-state index >= 15 is 0 Å². The Morgan fingerprint density at radius 3 is 2.57 bits per heavy atom. The number of amides is 1. The third-order valence-corrected chi connectivity index (χ3v) is 4.29. The summed E-state index contributed by atoms with van der Waals surface area (Å²) in [6.07, 6.45) is 3.40. The van der Waals surface area contributed by atoms with E-state index in [1.165, 1.54) is 6.07 Å². The smallest absolute Gasteiger partial charge is 0.224 e. The largest absolute Gasteiger partial charge is 0.394 e. The average molecular weight is 297 g/mol. The molecule has 0 unspecified atom stereocenters. The molecule has 0 heterocycles. The van der Waals surface area contributed by atoms with Gasteiger partial charge in [-0.1, -0.05) is 13.0 Å². The van der Waals surface area contributed by atoms with Crippen molar-refractivity contribution < 1.29 is 18.7 Å². The van der Waals surface area contributed by atoms with Crippen molar-refractivity contribution in [2.24, 2.45) is 5.92 Å². The van der Waals surface area contributed by atoms with Gasteiger partial charge in [0.25, 0.3) is 0 Å². The fourth-order valence-corrected chi connectivity index (χ4v) is 2.81. The first-order valence-electron chi connectivity index (χ1n) is 7.30. The number of benzene rings is 1. The summed E-state index contributed by atoms with van der Waals surface area (Å²) in [7, 11) is 0. The van der Waals surface area contributed by atoms with Crippen LogP contribution >= 0.6 is 0 Å². The van der Waals surface area contributed by atoms with E-state index in [4.69, 9.17) is 0 Å². The summed E-state index contributed by atoms with van der Waals surface area (Å²) in [5, 5.41) is 12.5. The van der Waals surface area contributed by atoms with Crippen LogP contribution in [0.2, 0.25) is 0 Å². The van der Waals surface area contributed by atoms with Crippen LogP contribution < -0.4 is 5.32 Å². The molecule has 0 saturated heterocycles.